The van der Waals surface area contributed by atoms with Gasteiger partial charge in [0, 0.05) is 11.5 Å². The fourth-order valence-electron chi connectivity index (χ4n) is 2.59. The summed E-state index contributed by atoms with van der Waals surface area (Å²) >= 11 is 0. The maximum Gasteiger partial charge on any atom is 0.323 e. The van der Waals surface area contributed by atoms with E-state index in [-0.39, 0.29) is 22.9 Å². The van der Waals surface area contributed by atoms with Crippen LogP contribution < -0.4 is 5.69 Å². The lowest BCUT2D eigenvalue weighted by Gasteiger charge is -2.04. The molecular formula is C17H12N4O3. The standard InChI is InChI=1S/C17H12N4O3/c22-14-6-5-9-3-1-2-4-10(9)16(14)21-20-13-7-11-12(8-15(13)23)19-17(24)18-11/h1-8,22-23H,(H2,18,19,24). The SMILES string of the molecule is O=c1[nH]c2cc(O)c(N=Nc3c(O)ccc4ccccc34)cc2[nH]1. The second-order valence-corrected chi connectivity index (χ2v) is 5.32. The fourth-order valence-corrected chi connectivity index (χ4v) is 2.59. The van der Waals surface area contributed by atoms with Crippen LogP contribution in [0.3, 0.4) is 0 Å². The van der Waals surface area contributed by atoms with Crippen LogP contribution in [0.15, 0.2) is 63.6 Å². The molecule has 0 fully saturated rings. The van der Waals surface area contributed by atoms with E-state index in [0.29, 0.717) is 16.7 Å². The summed E-state index contributed by atoms with van der Waals surface area (Å²) in [5, 5.41) is 29.9. The summed E-state index contributed by atoms with van der Waals surface area (Å²) < 4.78 is 0. The zero-order valence-corrected chi connectivity index (χ0v) is 12.3. The Morgan fingerprint density at radius 1 is 0.833 bits per heavy atom. The Balaban J connectivity index is 1.85. The molecule has 0 amide bonds. The molecule has 0 radical (unpaired) electrons. The molecule has 118 valence electrons. The van der Waals surface area contributed by atoms with E-state index in [1.54, 1.807) is 12.1 Å². The number of nitrogens with zero attached hydrogens (tertiary/aromatic N) is 2. The Hall–Kier alpha value is -3.61. The molecule has 0 aliphatic carbocycles. The molecule has 7 nitrogen and oxygen atoms in total. The molecule has 0 spiro atoms. The molecule has 0 unspecified atom stereocenters. The second-order valence-electron chi connectivity index (χ2n) is 5.32. The first-order valence-electron chi connectivity index (χ1n) is 7.19. The van der Waals surface area contributed by atoms with E-state index in [2.05, 4.69) is 20.2 Å². The summed E-state index contributed by atoms with van der Waals surface area (Å²) in [5.41, 5.74) is 1.11. The average Bonchev–Trinajstić information content (AvgIpc) is 2.92. The monoisotopic (exact) mass is 320 g/mol. The van der Waals surface area contributed by atoms with Crippen LogP contribution >= 0.6 is 0 Å². The van der Waals surface area contributed by atoms with Crippen molar-refractivity contribution >= 4 is 33.2 Å². The van der Waals surface area contributed by atoms with Crippen molar-refractivity contribution in [3.05, 3.63) is 59.0 Å². The van der Waals surface area contributed by atoms with Gasteiger partial charge in [0.2, 0.25) is 0 Å². The third kappa shape index (κ3) is 2.28. The zero-order valence-electron chi connectivity index (χ0n) is 12.3. The molecule has 4 N–H and O–H groups in total. The third-order valence-electron chi connectivity index (χ3n) is 3.75. The van der Waals surface area contributed by atoms with E-state index in [1.165, 1.54) is 12.1 Å². The highest BCUT2D eigenvalue weighted by Gasteiger charge is 2.08. The summed E-state index contributed by atoms with van der Waals surface area (Å²) in [6.07, 6.45) is 0. The number of aromatic hydroxyl groups is 2. The minimum absolute atomic E-state index is 0.00642. The van der Waals surface area contributed by atoms with Crippen LogP contribution in [0.4, 0.5) is 11.4 Å². The minimum atomic E-state index is -0.370. The second kappa shape index (κ2) is 5.24. The molecule has 4 rings (SSSR count). The third-order valence-corrected chi connectivity index (χ3v) is 3.75. The number of phenolic OH excluding ortho intramolecular Hbond substituents is 2. The van der Waals surface area contributed by atoms with Gasteiger partial charge in [0.1, 0.15) is 22.9 Å². The first-order valence-corrected chi connectivity index (χ1v) is 7.19. The first kappa shape index (κ1) is 14.0. The number of H-pyrrole nitrogens is 2. The highest BCUT2D eigenvalue weighted by molar-refractivity contribution is 5.95. The van der Waals surface area contributed by atoms with E-state index in [0.717, 1.165) is 10.8 Å². The Morgan fingerprint density at radius 2 is 1.58 bits per heavy atom. The van der Waals surface area contributed by atoms with Crippen molar-refractivity contribution in [1.29, 1.82) is 0 Å². The topological polar surface area (TPSA) is 114 Å². The van der Waals surface area contributed by atoms with Gasteiger partial charge in [-0.15, -0.1) is 10.2 Å². The number of nitrogens with one attached hydrogen (secondary N) is 2. The maximum absolute atomic E-state index is 11.3. The van der Waals surface area contributed by atoms with Crippen LogP contribution in [0.2, 0.25) is 0 Å². The largest absolute Gasteiger partial charge is 0.506 e. The molecule has 0 saturated heterocycles. The van der Waals surface area contributed by atoms with Crippen LogP contribution in [0, 0.1) is 0 Å². The maximum atomic E-state index is 11.3. The van der Waals surface area contributed by atoms with E-state index >= 15 is 0 Å². The van der Waals surface area contributed by atoms with Gasteiger partial charge in [-0.3, -0.25) is 0 Å². The van der Waals surface area contributed by atoms with Crippen LogP contribution in [-0.2, 0) is 0 Å². The van der Waals surface area contributed by atoms with Gasteiger partial charge < -0.3 is 20.2 Å². The van der Waals surface area contributed by atoms with Crippen molar-refractivity contribution in [3.63, 3.8) is 0 Å². The van der Waals surface area contributed by atoms with Crippen molar-refractivity contribution in [2.45, 2.75) is 0 Å². The summed E-state index contributed by atoms with van der Waals surface area (Å²) in [6.45, 7) is 0. The van der Waals surface area contributed by atoms with Crippen molar-refractivity contribution in [2.24, 2.45) is 10.2 Å². The molecule has 0 aliphatic heterocycles. The van der Waals surface area contributed by atoms with Crippen LogP contribution in [0.5, 0.6) is 11.5 Å². The number of aromatic amines is 2. The summed E-state index contributed by atoms with van der Waals surface area (Å²) in [5.74, 6) is -0.130. The van der Waals surface area contributed by atoms with Crippen molar-refractivity contribution in [1.82, 2.24) is 9.97 Å². The van der Waals surface area contributed by atoms with Crippen molar-refractivity contribution in [3.8, 4) is 11.5 Å². The predicted octanol–water partition coefficient (Wildman–Crippen LogP) is 3.84. The molecule has 24 heavy (non-hydrogen) atoms. The molecule has 4 aromatic rings. The van der Waals surface area contributed by atoms with E-state index in [1.807, 2.05) is 24.3 Å². The summed E-state index contributed by atoms with van der Waals surface area (Å²) in [7, 11) is 0. The Bertz CT molecular complexity index is 1160. The summed E-state index contributed by atoms with van der Waals surface area (Å²) in [4.78, 5) is 16.4. The predicted molar refractivity (Wildman–Crippen MR) is 90.4 cm³/mol. The number of hydrogen-bond donors (Lipinski definition) is 4. The first-order chi connectivity index (χ1) is 11.6. The van der Waals surface area contributed by atoms with E-state index < -0.39 is 0 Å². The number of phenols is 2. The van der Waals surface area contributed by atoms with E-state index in [4.69, 9.17) is 0 Å². The number of aromatic nitrogens is 2. The van der Waals surface area contributed by atoms with Gasteiger partial charge in [-0.2, -0.15) is 0 Å². The van der Waals surface area contributed by atoms with Gasteiger partial charge in [-0.1, -0.05) is 30.3 Å². The molecule has 0 bridgehead atoms. The molecule has 1 heterocycles. The minimum Gasteiger partial charge on any atom is -0.506 e. The fraction of sp³-hybridized carbons (Fsp3) is 0. The Kier molecular flexibility index (Phi) is 3.06. The number of fused-ring (bicyclic) bond motifs is 2. The number of azo groups is 1. The van der Waals surface area contributed by atoms with Crippen LogP contribution in [0.1, 0.15) is 0 Å². The lowest BCUT2D eigenvalue weighted by Crippen LogP contribution is -1.99. The van der Waals surface area contributed by atoms with Crippen LogP contribution in [-0.4, -0.2) is 20.2 Å². The summed E-state index contributed by atoms with van der Waals surface area (Å²) in [6, 6.07) is 13.7. The quantitative estimate of drug-likeness (QED) is 0.421. The Labute approximate surface area is 134 Å². The van der Waals surface area contributed by atoms with Crippen molar-refractivity contribution < 1.29 is 10.2 Å². The van der Waals surface area contributed by atoms with Gasteiger partial charge in [-0.25, -0.2) is 4.79 Å². The molecule has 0 saturated carbocycles. The molecule has 0 aliphatic rings. The van der Waals surface area contributed by atoms with E-state index in [9.17, 15) is 15.0 Å². The average molecular weight is 320 g/mol. The molecular weight excluding hydrogens is 308 g/mol. The number of hydrogen-bond acceptors (Lipinski definition) is 5. The van der Waals surface area contributed by atoms with Gasteiger partial charge in [-0.05, 0) is 17.5 Å². The molecule has 0 atom stereocenters. The smallest absolute Gasteiger partial charge is 0.323 e. The van der Waals surface area contributed by atoms with Crippen LogP contribution in [0.25, 0.3) is 21.8 Å². The molecule has 7 heteroatoms. The van der Waals surface area contributed by atoms with Gasteiger partial charge in [0.05, 0.1) is 11.0 Å². The normalized spacial score (nSPS) is 11.7. The van der Waals surface area contributed by atoms with Gasteiger partial charge in [0.15, 0.2) is 0 Å². The lowest BCUT2D eigenvalue weighted by atomic mass is 10.1. The molecule has 1 aromatic heterocycles. The highest BCUT2D eigenvalue weighted by atomic mass is 16.3. The number of imidazole rings is 1. The lowest BCUT2D eigenvalue weighted by molar-refractivity contribution is 0.474. The number of rotatable bonds is 2. The van der Waals surface area contributed by atoms with Gasteiger partial charge >= 0.3 is 5.69 Å². The Morgan fingerprint density at radius 3 is 2.42 bits per heavy atom. The number of benzene rings is 3. The molecule has 3 aromatic carbocycles. The van der Waals surface area contributed by atoms with Crippen molar-refractivity contribution in [2.75, 3.05) is 0 Å². The zero-order chi connectivity index (χ0) is 16.7. The van der Waals surface area contributed by atoms with Gasteiger partial charge in [0.25, 0.3) is 0 Å². The highest BCUT2D eigenvalue weighted by Crippen LogP contribution is 2.37.